The molecule has 5 nitrogen and oxygen atoms in total. The summed E-state index contributed by atoms with van der Waals surface area (Å²) in [5, 5.41) is 0. The normalized spacial score (nSPS) is 11.5. The Morgan fingerprint density at radius 1 is 1.04 bits per heavy atom. The zero-order valence-corrected chi connectivity index (χ0v) is 14.6. The number of alkyl halides is 3. The molecule has 2 aromatic rings. The molecule has 0 fully saturated rings. The molecule has 0 N–H and O–H groups in total. The monoisotopic (exact) mass is 358 g/mol. The van der Waals surface area contributed by atoms with Crippen LogP contribution in [0.1, 0.15) is 25.5 Å². The molecule has 1 aromatic heterocycles. The molecule has 0 aliphatic heterocycles. The first-order chi connectivity index (χ1) is 11.9. The third-order valence-electron chi connectivity index (χ3n) is 3.80. The summed E-state index contributed by atoms with van der Waals surface area (Å²) in [5.41, 5.74) is -0.645. The van der Waals surface area contributed by atoms with E-state index in [4.69, 9.17) is 14.2 Å². The number of aryl methyl sites for hydroxylation is 1. The van der Waals surface area contributed by atoms with Crippen LogP contribution in [0.4, 0.5) is 13.2 Å². The van der Waals surface area contributed by atoms with Gasteiger partial charge in [-0.25, -0.2) is 4.98 Å². The zero-order valence-electron chi connectivity index (χ0n) is 14.6. The smallest absolute Gasteiger partial charge is 0.435 e. The predicted octanol–water partition coefficient (Wildman–Crippen LogP) is 4.39. The lowest BCUT2D eigenvalue weighted by Gasteiger charge is -2.16. The number of hydrogen-bond acceptors (Lipinski definition) is 4. The van der Waals surface area contributed by atoms with Crippen LogP contribution in [0.2, 0.25) is 0 Å². The summed E-state index contributed by atoms with van der Waals surface area (Å²) in [7, 11) is 4.27. The average molecular weight is 358 g/mol. The molecule has 0 spiro atoms. The van der Waals surface area contributed by atoms with Gasteiger partial charge in [0.2, 0.25) is 5.75 Å². The predicted molar refractivity (Wildman–Crippen MR) is 87.2 cm³/mol. The lowest BCUT2D eigenvalue weighted by atomic mass is 10.1. The number of aromatic nitrogens is 2. The molecule has 0 bridgehead atoms. The van der Waals surface area contributed by atoms with Crippen molar-refractivity contribution in [3.05, 3.63) is 24.2 Å². The summed E-state index contributed by atoms with van der Waals surface area (Å²) in [6.07, 6.45) is -1.75. The van der Waals surface area contributed by atoms with E-state index in [0.29, 0.717) is 17.9 Å². The van der Waals surface area contributed by atoms with E-state index in [1.807, 2.05) is 6.92 Å². The summed E-state index contributed by atoms with van der Waals surface area (Å²) in [5.74, 6) is 0.892. The van der Waals surface area contributed by atoms with Gasteiger partial charge in [0, 0.05) is 12.1 Å². The summed E-state index contributed by atoms with van der Waals surface area (Å²) < 4.78 is 57.5. The fraction of sp³-hybridized carbons (Fsp3) is 0.471. The molecule has 0 aliphatic carbocycles. The van der Waals surface area contributed by atoms with Gasteiger partial charge in [0.25, 0.3) is 0 Å². The van der Waals surface area contributed by atoms with Crippen molar-refractivity contribution in [2.24, 2.45) is 0 Å². The molecule has 8 heteroatoms. The number of nitrogens with zero attached hydrogens (tertiary/aromatic N) is 2. The van der Waals surface area contributed by atoms with Gasteiger partial charge in [-0.15, -0.1) is 0 Å². The van der Waals surface area contributed by atoms with Crippen LogP contribution in [0.15, 0.2) is 18.5 Å². The van der Waals surface area contributed by atoms with Gasteiger partial charge < -0.3 is 18.8 Å². The van der Waals surface area contributed by atoms with Crippen LogP contribution in [-0.2, 0) is 12.7 Å². The van der Waals surface area contributed by atoms with E-state index in [1.54, 1.807) is 0 Å². The Hall–Kier alpha value is -2.38. The number of methoxy groups -OCH3 is 3. The summed E-state index contributed by atoms with van der Waals surface area (Å²) in [4.78, 5) is 3.60. The van der Waals surface area contributed by atoms with Crippen LogP contribution in [-0.4, -0.2) is 30.9 Å². The second-order valence-electron chi connectivity index (χ2n) is 5.40. The number of ether oxygens (including phenoxy) is 3. The van der Waals surface area contributed by atoms with Crippen molar-refractivity contribution >= 4 is 0 Å². The number of rotatable bonds is 7. The van der Waals surface area contributed by atoms with Crippen LogP contribution < -0.4 is 14.2 Å². The van der Waals surface area contributed by atoms with Crippen LogP contribution in [0.5, 0.6) is 17.2 Å². The molecule has 0 aliphatic rings. The van der Waals surface area contributed by atoms with Gasteiger partial charge in [0.05, 0.1) is 33.4 Å². The molecule has 138 valence electrons. The fourth-order valence-electron chi connectivity index (χ4n) is 2.61. The maximum absolute atomic E-state index is 13.4. The van der Waals surface area contributed by atoms with Crippen molar-refractivity contribution in [3.63, 3.8) is 0 Å². The highest BCUT2D eigenvalue weighted by Gasteiger charge is 2.38. The number of unbranched alkanes of at least 4 members (excludes halogenated alkanes) is 1. The Morgan fingerprint density at radius 2 is 1.64 bits per heavy atom. The first-order valence-electron chi connectivity index (χ1n) is 7.80. The molecule has 25 heavy (non-hydrogen) atoms. The maximum atomic E-state index is 13.4. The van der Waals surface area contributed by atoms with Crippen molar-refractivity contribution < 1.29 is 27.4 Å². The van der Waals surface area contributed by atoms with Gasteiger partial charge in [0.1, 0.15) is 0 Å². The number of hydrogen-bond donors (Lipinski definition) is 0. The van der Waals surface area contributed by atoms with Crippen molar-refractivity contribution in [1.29, 1.82) is 0 Å². The summed E-state index contributed by atoms with van der Waals surface area (Å²) >= 11 is 0. The lowest BCUT2D eigenvalue weighted by molar-refractivity contribution is -0.140. The van der Waals surface area contributed by atoms with Crippen LogP contribution >= 0.6 is 0 Å². The molecule has 1 aromatic carbocycles. The molecule has 2 rings (SSSR count). The second kappa shape index (κ2) is 7.67. The first-order valence-corrected chi connectivity index (χ1v) is 7.80. The topological polar surface area (TPSA) is 45.5 Å². The highest BCUT2D eigenvalue weighted by Crippen LogP contribution is 2.44. The molecule has 0 atom stereocenters. The minimum Gasteiger partial charge on any atom is -0.493 e. The molecule has 0 amide bonds. The number of halogens is 3. The highest BCUT2D eigenvalue weighted by atomic mass is 19.4. The second-order valence-corrected chi connectivity index (χ2v) is 5.40. The fourth-order valence-corrected chi connectivity index (χ4v) is 2.61. The molecule has 0 unspecified atom stereocenters. The van der Waals surface area contributed by atoms with Crippen molar-refractivity contribution in [2.45, 2.75) is 32.5 Å². The van der Waals surface area contributed by atoms with E-state index in [0.717, 1.165) is 12.8 Å². The number of imidazole rings is 1. The molecular formula is C17H21F3N2O3. The molecule has 1 heterocycles. The van der Waals surface area contributed by atoms with Crippen LogP contribution in [0.25, 0.3) is 11.3 Å². The standard InChI is InChI=1S/C17H21F3N2O3/c1-5-6-7-22-10-21-16(17(18,19)20)14(22)11-8-12(23-2)15(25-4)13(9-11)24-3/h8-10H,5-7H2,1-4H3. The average Bonchev–Trinajstić information content (AvgIpc) is 3.02. The zero-order chi connectivity index (χ0) is 18.6. The van der Waals surface area contributed by atoms with E-state index in [2.05, 4.69) is 4.98 Å². The summed E-state index contributed by atoms with van der Waals surface area (Å²) in [6, 6.07) is 2.99. The van der Waals surface area contributed by atoms with Crippen molar-refractivity contribution in [2.75, 3.05) is 21.3 Å². The molecule has 0 radical (unpaired) electrons. The molecule has 0 saturated heterocycles. The SMILES string of the molecule is CCCCn1cnc(C(F)(F)F)c1-c1cc(OC)c(OC)c(OC)c1. The van der Waals surface area contributed by atoms with Crippen molar-refractivity contribution in [3.8, 4) is 28.5 Å². The Kier molecular flexibility index (Phi) is 5.81. The quantitative estimate of drug-likeness (QED) is 0.736. The Bertz CT molecular complexity index is 701. The third-order valence-corrected chi connectivity index (χ3v) is 3.80. The Balaban J connectivity index is 2.69. The van der Waals surface area contributed by atoms with Gasteiger partial charge in [-0.2, -0.15) is 13.2 Å². The van der Waals surface area contributed by atoms with E-state index in [9.17, 15) is 13.2 Å². The van der Waals surface area contributed by atoms with Gasteiger partial charge in [-0.3, -0.25) is 0 Å². The van der Waals surface area contributed by atoms with E-state index >= 15 is 0 Å². The first kappa shape index (κ1) is 19.0. The van der Waals surface area contributed by atoms with Crippen molar-refractivity contribution in [1.82, 2.24) is 9.55 Å². The van der Waals surface area contributed by atoms with E-state index in [-0.39, 0.29) is 17.2 Å². The van der Waals surface area contributed by atoms with Gasteiger partial charge >= 0.3 is 6.18 Å². The van der Waals surface area contributed by atoms with Crippen LogP contribution in [0, 0.1) is 0 Å². The lowest BCUT2D eigenvalue weighted by Crippen LogP contribution is -2.09. The molecule has 0 saturated carbocycles. The minimum absolute atomic E-state index is 0.0137. The highest BCUT2D eigenvalue weighted by molar-refractivity contribution is 5.71. The van der Waals surface area contributed by atoms with Crippen LogP contribution in [0.3, 0.4) is 0 Å². The largest absolute Gasteiger partial charge is 0.493 e. The summed E-state index contributed by atoms with van der Waals surface area (Å²) in [6.45, 7) is 2.41. The Morgan fingerprint density at radius 3 is 2.08 bits per heavy atom. The third kappa shape index (κ3) is 3.83. The molecular weight excluding hydrogens is 337 g/mol. The van der Waals surface area contributed by atoms with Gasteiger partial charge in [-0.1, -0.05) is 13.3 Å². The Labute approximate surface area is 144 Å². The maximum Gasteiger partial charge on any atom is 0.435 e. The van der Waals surface area contributed by atoms with Gasteiger partial charge in [-0.05, 0) is 18.6 Å². The van der Waals surface area contributed by atoms with E-state index < -0.39 is 11.9 Å². The van der Waals surface area contributed by atoms with E-state index in [1.165, 1.54) is 44.4 Å². The van der Waals surface area contributed by atoms with Gasteiger partial charge in [0.15, 0.2) is 17.2 Å². The number of benzene rings is 1. The minimum atomic E-state index is -4.56.